The van der Waals surface area contributed by atoms with E-state index in [0.29, 0.717) is 11.4 Å². The van der Waals surface area contributed by atoms with Crippen LogP contribution < -0.4 is 5.32 Å². The lowest BCUT2D eigenvalue weighted by Crippen LogP contribution is -2.14. The third-order valence-electron chi connectivity index (χ3n) is 3.93. The maximum Gasteiger partial charge on any atom is 0.278 e. The van der Waals surface area contributed by atoms with E-state index < -0.39 is 0 Å². The average molecular weight is 271 g/mol. The Morgan fingerprint density at radius 3 is 2.75 bits per heavy atom. The minimum Gasteiger partial charge on any atom is -0.382 e. The molecule has 0 radical (unpaired) electrons. The lowest BCUT2D eigenvalue weighted by Gasteiger charge is -2.15. The third kappa shape index (κ3) is 2.31. The topological polar surface area (TPSA) is 68.1 Å². The summed E-state index contributed by atoms with van der Waals surface area (Å²) in [5.74, 6) is 0. The van der Waals surface area contributed by atoms with Crippen LogP contribution >= 0.6 is 0 Å². The van der Waals surface area contributed by atoms with Gasteiger partial charge in [0.2, 0.25) is 0 Å². The smallest absolute Gasteiger partial charge is 0.278 e. The van der Waals surface area contributed by atoms with Gasteiger partial charge in [0.05, 0.1) is 10.3 Å². The summed E-state index contributed by atoms with van der Waals surface area (Å²) in [6, 6.07) is 5.78. The second-order valence-corrected chi connectivity index (χ2v) is 5.39. The molecule has 5 nitrogen and oxygen atoms in total. The van der Waals surface area contributed by atoms with E-state index in [1.54, 1.807) is 12.3 Å². The first kappa shape index (κ1) is 12.8. The summed E-state index contributed by atoms with van der Waals surface area (Å²) in [5, 5.41) is 16.1. The number of nitrogens with one attached hydrogen (secondary N) is 1. The van der Waals surface area contributed by atoms with E-state index in [4.69, 9.17) is 0 Å². The highest BCUT2D eigenvalue weighted by Gasteiger charge is 2.19. The standard InChI is InChI=1S/C15H17N3O2/c1-10-8-12-13(9-16-10)15(18(19)20)7-6-14(12)17-11-4-2-3-5-11/h6-9,11,17H,2-5H2,1H3. The van der Waals surface area contributed by atoms with Crippen molar-refractivity contribution in [1.82, 2.24) is 4.98 Å². The molecule has 1 aromatic carbocycles. The van der Waals surface area contributed by atoms with Crippen LogP contribution in [0.1, 0.15) is 31.4 Å². The fraction of sp³-hybridized carbons (Fsp3) is 0.400. The predicted molar refractivity (Wildman–Crippen MR) is 79.0 cm³/mol. The molecule has 0 spiro atoms. The van der Waals surface area contributed by atoms with Crippen molar-refractivity contribution in [1.29, 1.82) is 0 Å². The van der Waals surface area contributed by atoms with E-state index in [9.17, 15) is 10.1 Å². The lowest BCUT2D eigenvalue weighted by atomic mass is 10.1. The quantitative estimate of drug-likeness (QED) is 0.681. The zero-order chi connectivity index (χ0) is 14.1. The molecule has 0 saturated heterocycles. The van der Waals surface area contributed by atoms with Gasteiger partial charge in [0.1, 0.15) is 0 Å². The monoisotopic (exact) mass is 271 g/mol. The minimum absolute atomic E-state index is 0.115. The zero-order valence-electron chi connectivity index (χ0n) is 11.4. The number of nitro groups is 1. The molecule has 3 rings (SSSR count). The SMILES string of the molecule is Cc1cc2c(NC3CCCC3)ccc([N+](=O)[O-])c2cn1. The summed E-state index contributed by atoms with van der Waals surface area (Å²) in [7, 11) is 0. The van der Waals surface area contributed by atoms with Crippen molar-refractivity contribution in [2.75, 3.05) is 5.32 Å². The van der Waals surface area contributed by atoms with Crippen LogP contribution in [-0.2, 0) is 0 Å². The Labute approximate surface area is 117 Å². The van der Waals surface area contributed by atoms with Gasteiger partial charge in [-0.3, -0.25) is 15.1 Å². The largest absolute Gasteiger partial charge is 0.382 e. The van der Waals surface area contributed by atoms with Crippen LogP contribution in [0.25, 0.3) is 10.8 Å². The van der Waals surface area contributed by atoms with Crippen LogP contribution in [0.3, 0.4) is 0 Å². The van der Waals surface area contributed by atoms with Gasteiger partial charge in [-0.2, -0.15) is 0 Å². The number of hydrogen-bond donors (Lipinski definition) is 1. The first-order chi connectivity index (χ1) is 9.65. The molecule has 0 atom stereocenters. The van der Waals surface area contributed by atoms with Crippen LogP contribution in [0, 0.1) is 17.0 Å². The van der Waals surface area contributed by atoms with E-state index in [1.807, 2.05) is 19.1 Å². The molecule has 1 N–H and O–H groups in total. The molecule has 1 aromatic heterocycles. The lowest BCUT2D eigenvalue weighted by molar-refractivity contribution is -0.383. The molecule has 20 heavy (non-hydrogen) atoms. The normalized spacial score (nSPS) is 15.7. The van der Waals surface area contributed by atoms with E-state index in [-0.39, 0.29) is 10.6 Å². The summed E-state index contributed by atoms with van der Waals surface area (Å²) in [5.41, 5.74) is 1.96. The van der Waals surface area contributed by atoms with Gasteiger partial charge in [0.15, 0.2) is 0 Å². The van der Waals surface area contributed by atoms with Gasteiger partial charge in [-0.25, -0.2) is 0 Å². The van der Waals surface area contributed by atoms with Gasteiger partial charge < -0.3 is 5.32 Å². The van der Waals surface area contributed by atoms with Crippen LogP contribution in [0.15, 0.2) is 24.4 Å². The summed E-state index contributed by atoms with van der Waals surface area (Å²) >= 11 is 0. The van der Waals surface area contributed by atoms with Gasteiger partial charge in [-0.05, 0) is 31.9 Å². The number of nitro benzene ring substituents is 1. The number of hydrogen-bond acceptors (Lipinski definition) is 4. The van der Waals surface area contributed by atoms with Gasteiger partial charge in [-0.1, -0.05) is 12.8 Å². The number of aryl methyl sites for hydroxylation is 1. The molecule has 0 amide bonds. The number of pyridine rings is 1. The highest BCUT2D eigenvalue weighted by Crippen LogP contribution is 2.33. The molecule has 0 unspecified atom stereocenters. The molecule has 1 saturated carbocycles. The molecular formula is C15H17N3O2. The summed E-state index contributed by atoms with van der Waals surface area (Å²) in [6.07, 6.45) is 6.44. The number of rotatable bonds is 3. The second-order valence-electron chi connectivity index (χ2n) is 5.39. The van der Waals surface area contributed by atoms with Gasteiger partial charge in [-0.15, -0.1) is 0 Å². The molecule has 0 aliphatic heterocycles. The van der Waals surface area contributed by atoms with Crippen molar-refractivity contribution >= 4 is 22.1 Å². The molecule has 2 aromatic rings. The Balaban J connectivity index is 2.09. The Kier molecular flexibility index (Phi) is 3.26. The number of aromatic nitrogens is 1. The third-order valence-corrected chi connectivity index (χ3v) is 3.93. The van der Waals surface area contributed by atoms with Crippen LogP contribution in [-0.4, -0.2) is 15.9 Å². The summed E-state index contributed by atoms with van der Waals surface area (Å²) in [6.45, 7) is 1.90. The average Bonchev–Trinajstić information content (AvgIpc) is 2.92. The molecule has 5 heteroatoms. The molecule has 1 fully saturated rings. The Bertz CT molecular complexity index is 663. The predicted octanol–water partition coefficient (Wildman–Crippen LogP) is 3.81. The molecule has 1 heterocycles. The van der Waals surface area contributed by atoms with E-state index >= 15 is 0 Å². The van der Waals surface area contributed by atoms with Crippen molar-refractivity contribution in [3.8, 4) is 0 Å². The molecule has 104 valence electrons. The molecular weight excluding hydrogens is 254 g/mol. The van der Waals surface area contributed by atoms with Crippen molar-refractivity contribution in [3.05, 3.63) is 40.2 Å². The van der Waals surface area contributed by atoms with Crippen LogP contribution in [0.4, 0.5) is 11.4 Å². The first-order valence-electron chi connectivity index (χ1n) is 6.95. The minimum atomic E-state index is -0.349. The van der Waals surface area contributed by atoms with Gasteiger partial charge >= 0.3 is 0 Å². The highest BCUT2D eigenvalue weighted by molar-refractivity contribution is 5.99. The highest BCUT2D eigenvalue weighted by atomic mass is 16.6. The number of non-ortho nitro benzene ring substituents is 1. The zero-order valence-corrected chi connectivity index (χ0v) is 11.4. The van der Waals surface area contributed by atoms with E-state index in [2.05, 4.69) is 10.3 Å². The summed E-state index contributed by atoms with van der Waals surface area (Å²) in [4.78, 5) is 15.0. The van der Waals surface area contributed by atoms with Gasteiger partial charge in [0, 0.05) is 35.1 Å². The van der Waals surface area contributed by atoms with E-state index in [0.717, 1.165) is 16.8 Å². The molecule has 0 bridgehead atoms. The number of fused-ring (bicyclic) bond motifs is 1. The van der Waals surface area contributed by atoms with Crippen molar-refractivity contribution in [2.45, 2.75) is 38.6 Å². The van der Waals surface area contributed by atoms with Crippen molar-refractivity contribution in [3.63, 3.8) is 0 Å². The van der Waals surface area contributed by atoms with Crippen LogP contribution in [0.5, 0.6) is 0 Å². The summed E-state index contributed by atoms with van der Waals surface area (Å²) < 4.78 is 0. The van der Waals surface area contributed by atoms with Crippen LogP contribution in [0.2, 0.25) is 0 Å². The first-order valence-corrected chi connectivity index (χ1v) is 6.95. The number of benzene rings is 1. The molecule has 1 aliphatic carbocycles. The second kappa shape index (κ2) is 5.07. The Morgan fingerprint density at radius 2 is 2.05 bits per heavy atom. The Hall–Kier alpha value is -2.17. The fourth-order valence-electron chi connectivity index (χ4n) is 2.90. The van der Waals surface area contributed by atoms with Crippen molar-refractivity contribution in [2.24, 2.45) is 0 Å². The number of anilines is 1. The maximum absolute atomic E-state index is 11.1. The van der Waals surface area contributed by atoms with E-state index in [1.165, 1.54) is 25.7 Å². The van der Waals surface area contributed by atoms with Crippen molar-refractivity contribution < 1.29 is 4.92 Å². The maximum atomic E-state index is 11.1. The molecule has 1 aliphatic rings. The fourth-order valence-corrected chi connectivity index (χ4v) is 2.90. The number of nitrogens with zero attached hydrogens (tertiary/aromatic N) is 2. The Morgan fingerprint density at radius 1 is 1.30 bits per heavy atom. The van der Waals surface area contributed by atoms with Gasteiger partial charge in [0.25, 0.3) is 5.69 Å².